The maximum atomic E-state index is 11.3. The molecule has 3 heteroatoms. The van der Waals surface area contributed by atoms with Gasteiger partial charge in [0.2, 0.25) is 0 Å². The maximum absolute atomic E-state index is 11.3. The van der Waals surface area contributed by atoms with Gasteiger partial charge in [0.05, 0.1) is 5.88 Å². The van der Waals surface area contributed by atoms with E-state index in [1.807, 2.05) is 24.3 Å². The van der Waals surface area contributed by atoms with E-state index in [1.54, 1.807) is 0 Å². The molecule has 1 heterocycles. The van der Waals surface area contributed by atoms with Crippen molar-refractivity contribution in [3.63, 3.8) is 0 Å². The van der Waals surface area contributed by atoms with E-state index in [-0.39, 0.29) is 17.8 Å². The Bertz CT molecular complexity index is 349. The number of aryl methyl sites for hydroxylation is 1. The van der Waals surface area contributed by atoms with Crippen molar-refractivity contribution in [1.29, 1.82) is 0 Å². The number of Topliss-reactive ketones (excluding diaryl/α,β-unsaturated/α-hetero) is 1. The number of ketones is 1. The average molecular weight is 211 g/mol. The molecule has 0 saturated heterocycles. The molecule has 1 aliphatic rings. The third kappa shape index (κ3) is 1.75. The zero-order valence-corrected chi connectivity index (χ0v) is 8.46. The Labute approximate surface area is 87.8 Å². The molecule has 14 heavy (non-hydrogen) atoms. The van der Waals surface area contributed by atoms with Crippen LogP contribution in [0.1, 0.15) is 12.0 Å². The Balaban J connectivity index is 2.17. The quantitative estimate of drug-likeness (QED) is 0.700. The normalized spacial score (nSPS) is 19.6. The van der Waals surface area contributed by atoms with Crippen LogP contribution in [0.15, 0.2) is 24.3 Å². The van der Waals surface area contributed by atoms with Crippen molar-refractivity contribution in [2.45, 2.75) is 18.9 Å². The van der Waals surface area contributed by atoms with Gasteiger partial charge in [0, 0.05) is 0 Å². The van der Waals surface area contributed by atoms with Gasteiger partial charge in [-0.05, 0) is 24.5 Å². The summed E-state index contributed by atoms with van der Waals surface area (Å²) >= 11 is 5.48. The standard InChI is InChI=1S/C11H11ClO2/c12-7-9(13)11-6-5-8-3-1-2-4-10(8)14-11/h1-4,11H,5-7H2. The second kappa shape index (κ2) is 4.01. The summed E-state index contributed by atoms with van der Waals surface area (Å²) < 4.78 is 5.55. The highest BCUT2D eigenvalue weighted by molar-refractivity contribution is 6.28. The van der Waals surface area contributed by atoms with Crippen molar-refractivity contribution in [1.82, 2.24) is 0 Å². The van der Waals surface area contributed by atoms with Crippen molar-refractivity contribution in [2.75, 3.05) is 5.88 Å². The van der Waals surface area contributed by atoms with Crippen molar-refractivity contribution < 1.29 is 9.53 Å². The van der Waals surface area contributed by atoms with Gasteiger partial charge in [-0.3, -0.25) is 4.79 Å². The molecule has 74 valence electrons. The molecule has 2 nitrogen and oxygen atoms in total. The maximum Gasteiger partial charge on any atom is 0.187 e. The number of hydrogen-bond acceptors (Lipinski definition) is 2. The Hall–Kier alpha value is -1.02. The molecule has 0 aliphatic carbocycles. The van der Waals surface area contributed by atoms with Gasteiger partial charge in [0.25, 0.3) is 0 Å². The number of fused-ring (bicyclic) bond motifs is 1. The second-order valence-electron chi connectivity index (χ2n) is 3.35. The van der Waals surface area contributed by atoms with Gasteiger partial charge in [-0.25, -0.2) is 0 Å². The molecule has 1 unspecified atom stereocenters. The molecule has 0 fully saturated rings. The fourth-order valence-corrected chi connectivity index (χ4v) is 1.81. The number of ether oxygens (including phenoxy) is 1. The zero-order valence-electron chi connectivity index (χ0n) is 7.70. The van der Waals surface area contributed by atoms with E-state index in [4.69, 9.17) is 16.3 Å². The topological polar surface area (TPSA) is 26.3 Å². The van der Waals surface area contributed by atoms with Crippen LogP contribution >= 0.6 is 11.6 Å². The van der Waals surface area contributed by atoms with Crippen LogP contribution in [-0.4, -0.2) is 17.8 Å². The minimum atomic E-state index is -0.345. The summed E-state index contributed by atoms with van der Waals surface area (Å²) in [6, 6.07) is 7.80. The lowest BCUT2D eigenvalue weighted by Gasteiger charge is -2.24. The Morgan fingerprint density at radius 2 is 2.29 bits per heavy atom. The van der Waals surface area contributed by atoms with Crippen molar-refractivity contribution >= 4 is 17.4 Å². The van der Waals surface area contributed by atoms with E-state index < -0.39 is 0 Å². The highest BCUT2D eigenvalue weighted by Gasteiger charge is 2.24. The molecule has 0 N–H and O–H groups in total. The summed E-state index contributed by atoms with van der Waals surface area (Å²) in [7, 11) is 0. The van der Waals surface area contributed by atoms with Gasteiger partial charge in [-0.15, -0.1) is 11.6 Å². The first kappa shape index (κ1) is 9.53. The molecule has 1 aromatic carbocycles. The van der Waals surface area contributed by atoms with Crippen molar-refractivity contribution in [2.24, 2.45) is 0 Å². The van der Waals surface area contributed by atoms with Crippen LogP contribution in [0.25, 0.3) is 0 Å². The molecule has 1 atom stereocenters. The molecule has 0 aromatic heterocycles. The summed E-state index contributed by atoms with van der Waals surface area (Å²) in [4.78, 5) is 11.3. The minimum absolute atomic E-state index is 0.0267. The second-order valence-corrected chi connectivity index (χ2v) is 3.62. The summed E-state index contributed by atoms with van der Waals surface area (Å²) in [6.45, 7) is 0. The van der Waals surface area contributed by atoms with Crippen LogP contribution < -0.4 is 4.74 Å². The van der Waals surface area contributed by atoms with Crippen LogP contribution in [0.2, 0.25) is 0 Å². The number of rotatable bonds is 2. The molecule has 0 radical (unpaired) electrons. The monoisotopic (exact) mass is 210 g/mol. The number of halogens is 1. The molecular weight excluding hydrogens is 200 g/mol. The summed E-state index contributed by atoms with van der Waals surface area (Å²) in [5, 5.41) is 0. The van der Waals surface area contributed by atoms with Crippen LogP contribution in [0.3, 0.4) is 0 Å². The first-order valence-electron chi connectivity index (χ1n) is 4.64. The van der Waals surface area contributed by atoms with Gasteiger partial charge in [-0.1, -0.05) is 18.2 Å². The van der Waals surface area contributed by atoms with Crippen LogP contribution in [0.4, 0.5) is 0 Å². The highest BCUT2D eigenvalue weighted by atomic mass is 35.5. The zero-order chi connectivity index (χ0) is 9.97. The lowest BCUT2D eigenvalue weighted by molar-refractivity contribution is -0.123. The molecule has 0 spiro atoms. The largest absolute Gasteiger partial charge is 0.482 e. The van der Waals surface area contributed by atoms with Crippen LogP contribution in [0, 0.1) is 0 Å². The van der Waals surface area contributed by atoms with E-state index >= 15 is 0 Å². The molecule has 0 bridgehead atoms. The fraction of sp³-hybridized carbons (Fsp3) is 0.364. The molecule has 0 amide bonds. The lowest BCUT2D eigenvalue weighted by atomic mass is 10.0. The van der Waals surface area contributed by atoms with Gasteiger partial charge < -0.3 is 4.74 Å². The average Bonchev–Trinajstić information content (AvgIpc) is 2.27. The third-order valence-electron chi connectivity index (χ3n) is 2.41. The minimum Gasteiger partial charge on any atom is -0.482 e. The molecule has 1 aliphatic heterocycles. The third-order valence-corrected chi connectivity index (χ3v) is 2.67. The molecular formula is C11H11ClO2. The Kier molecular flexibility index (Phi) is 2.73. The van der Waals surface area contributed by atoms with Gasteiger partial charge in [0.15, 0.2) is 11.9 Å². The number of para-hydroxylation sites is 1. The highest BCUT2D eigenvalue weighted by Crippen LogP contribution is 2.27. The predicted molar refractivity (Wildman–Crippen MR) is 54.9 cm³/mol. The van der Waals surface area contributed by atoms with Gasteiger partial charge in [-0.2, -0.15) is 0 Å². The van der Waals surface area contributed by atoms with Crippen LogP contribution in [0.5, 0.6) is 5.75 Å². The molecule has 0 saturated carbocycles. The van der Waals surface area contributed by atoms with E-state index in [0.717, 1.165) is 18.6 Å². The summed E-state index contributed by atoms with van der Waals surface area (Å²) in [6.07, 6.45) is 1.29. The fourth-order valence-electron chi connectivity index (χ4n) is 1.64. The Morgan fingerprint density at radius 3 is 3.07 bits per heavy atom. The first-order valence-corrected chi connectivity index (χ1v) is 5.18. The van der Waals surface area contributed by atoms with E-state index in [9.17, 15) is 4.79 Å². The molecule has 2 rings (SSSR count). The molecule has 1 aromatic rings. The predicted octanol–water partition coefficient (Wildman–Crippen LogP) is 2.19. The Morgan fingerprint density at radius 1 is 1.50 bits per heavy atom. The number of alkyl halides is 1. The van der Waals surface area contributed by atoms with E-state index in [2.05, 4.69) is 0 Å². The van der Waals surface area contributed by atoms with Crippen molar-refractivity contribution in [3.8, 4) is 5.75 Å². The lowest BCUT2D eigenvalue weighted by Crippen LogP contribution is -2.32. The van der Waals surface area contributed by atoms with Gasteiger partial charge in [0.1, 0.15) is 5.75 Å². The SMILES string of the molecule is O=C(CCl)C1CCc2ccccc2O1. The number of carbonyl (C=O) groups excluding carboxylic acids is 1. The summed E-state index contributed by atoms with van der Waals surface area (Å²) in [5.74, 6) is 0.829. The van der Waals surface area contributed by atoms with E-state index in [0.29, 0.717) is 0 Å². The summed E-state index contributed by atoms with van der Waals surface area (Å²) in [5.41, 5.74) is 1.17. The number of carbonyl (C=O) groups is 1. The van der Waals surface area contributed by atoms with Gasteiger partial charge >= 0.3 is 0 Å². The number of benzene rings is 1. The first-order chi connectivity index (χ1) is 6.81. The van der Waals surface area contributed by atoms with Crippen LogP contribution in [-0.2, 0) is 11.2 Å². The smallest absolute Gasteiger partial charge is 0.187 e. The van der Waals surface area contributed by atoms with E-state index in [1.165, 1.54) is 5.56 Å². The number of hydrogen-bond donors (Lipinski definition) is 0. The van der Waals surface area contributed by atoms with Crippen molar-refractivity contribution in [3.05, 3.63) is 29.8 Å².